The molecule has 0 fully saturated rings. The van der Waals surface area contributed by atoms with Crippen molar-refractivity contribution in [1.82, 2.24) is 0 Å². The van der Waals surface area contributed by atoms with E-state index in [4.69, 9.17) is 0 Å². The maximum absolute atomic E-state index is 2.34. The predicted molar refractivity (Wildman–Crippen MR) is 99.4 cm³/mol. The zero-order chi connectivity index (χ0) is 15.2. The van der Waals surface area contributed by atoms with Crippen molar-refractivity contribution < 1.29 is 17.1 Å². The first-order chi connectivity index (χ1) is 10.4. The molecule has 0 aliphatic heterocycles. The normalized spacial score (nSPS) is 9.95. The molecule has 130 valence electrons. The Balaban J connectivity index is 0.000000622. The van der Waals surface area contributed by atoms with Gasteiger partial charge in [0.25, 0.3) is 0 Å². The molecule has 2 aromatic rings. The van der Waals surface area contributed by atoms with E-state index in [0.717, 1.165) is 0 Å². The Morgan fingerprint density at radius 1 is 0.727 bits per heavy atom. The summed E-state index contributed by atoms with van der Waals surface area (Å²) in [6, 6.07) is 19.1. The molecule has 0 unspecified atom stereocenters. The van der Waals surface area contributed by atoms with Gasteiger partial charge in [-0.2, -0.15) is 12.1 Å². The van der Waals surface area contributed by atoms with Crippen molar-refractivity contribution in [3.8, 4) is 0 Å². The van der Waals surface area contributed by atoms with Crippen LogP contribution in [0.15, 0.2) is 54.6 Å². The zero-order valence-corrected chi connectivity index (χ0v) is 16.2. The Labute approximate surface area is 149 Å². The fraction of sp³-hybridized carbons (Fsp3) is 0.500. The summed E-state index contributed by atoms with van der Waals surface area (Å²) in [4.78, 5) is 0. The molecule has 0 spiro atoms. The quantitative estimate of drug-likeness (QED) is 0.214. The molecule has 2 heteroatoms. The summed E-state index contributed by atoms with van der Waals surface area (Å²) in [5, 5.41) is 1.64. The molecule has 2 rings (SSSR count). The summed E-state index contributed by atoms with van der Waals surface area (Å²) < 4.78 is 0. The molecule has 0 aromatic heterocycles. The Morgan fingerprint density at radius 2 is 1.14 bits per heavy atom. The second-order valence-corrected chi connectivity index (χ2v) is 8.00. The molecule has 0 saturated carbocycles. The van der Waals surface area contributed by atoms with Crippen molar-refractivity contribution in [3.05, 3.63) is 54.6 Å². The van der Waals surface area contributed by atoms with Crippen LogP contribution in [0.1, 0.15) is 52.4 Å². The van der Waals surface area contributed by atoms with Crippen LogP contribution in [0.3, 0.4) is 0 Å². The largest absolute Gasteiger partial charge is 0.748 e. The zero-order valence-electron chi connectivity index (χ0n) is 14.2. The summed E-state index contributed by atoms with van der Waals surface area (Å²) in [6.07, 6.45) is 11.3. The molecule has 22 heavy (non-hydrogen) atoms. The number of hydrogen-bond acceptors (Lipinski definition) is 0. The van der Waals surface area contributed by atoms with Crippen LogP contribution in [-0.4, -0.2) is 12.3 Å². The molecule has 0 amide bonds. The van der Waals surface area contributed by atoms with E-state index in [-0.39, 0.29) is 25.0 Å². The molecule has 0 bridgehead atoms. The van der Waals surface area contributed by atoms with Gasteiger partial charge >= 0.3 is 0 Å². The fourth-order valence-corrected chi connectivity index (χ4v) is 4.92. The van der Waals surface area contributed by atoms with Gasteiger partial charge in [-0.15, -0.1) is 13.2 Å². The molecule has 0 atom stereocenters. The van der Waals surface area contributed by atoms with Gasteiger partial charge in [0.15, 0.2) is 0 Å². The maximum Gasteiger partial charge on any atom is 0 e. The van der Waals surface area contributed by atoms with E-state index in [2.05, 4.69) is 38.1 Å². The first kappa shape index (κ1) is 21.6. The minimum Gasteiger partial charge on any atom is -0.748 e. The molecular weight excluding hydrogens is 327 g/mol. The average Bonchev–Trinajstić information content (AvgIpc) is 3.21. The predicted octanol–water partition coefficient (Wildman–Crippen LogP) is 6.30. The molecule has 2 aromatic carbocycles. The summed E-state index contributed by atoms with van der Waals surface area (Å²) >= 11 is 0. The van der Waals surface area contributed by atoms with Crippen LogP contribution in [-0.2, 0) is 17.1 Å². The Bertz CT molecular complexity index is 364. The fourth-order valence-electron chi connectivity index (χ4n) is 2.37. The summed E-state index contributed by atoms with van der Waals surface area (Å²) in [6.45, 7) is 4.59. The van der Waals surface area contributed by atoms with Crippen LogP contribution < -0.4 is 5.30 Å². The van der Waals surface area contributed by atoms with E-state index in [1.165, 1.54) is 50.8 Å². The standard InChI is InChI=1S/C15H26P.C5H5.Fe/c1-3-5-9-13-16(14-10-6-4-2)15-11-7-8-12-15;1-2-4-5-3-1;/h7-8,11-12H,3-6,9-10,13-14H2,1-2H3;1-5H;/q-1;-5;. The van der Waals surface area contributed by atoms with Gasteiger partial charge in [-0.05, 0) is 25.2 Å². The molecule has 0 aliphatic rings. The third kappa shape index (κ3) is 10.4. The van der Waals surface area contributed by atoms with Crippen LogP contribution >= 0.6 is 7.92 Å². The monoisotopic (exact) mass is 358 g/mol. The van der Waals surface area contributed by atoms with Gasteiger partial charge in [0, 0.05) is 17.1 Å². The first-order valence-electron chi connectivity index (χ1n) is 8.51. The number of unbranched alkanes of at least 4 members (excludes halogenated alkanes) is 4. The van der Waals surface area contributed by atoms with E-state index in [1.807, 2.05) is 30.3 Å². The van der Waals surface area contributed by atoms with E-state index in [0.29, 0.717) is 0 Å². The molecular formula is C20H31FeP-6. The number of rotatable bonds is 9. The van der Waals surface area contributed by atoms with Crippen molar-refractivity contribution >= 4 is 13.2 Å². The van der Waals surface area contributed by atoms with Crippen molar-refractivity contribution in [1.29, 1.82) is 0 Å². The van der Waals surface area contributed by atoms with Gasteiger partial charge < -0.3 is 30.3 Å². The topological polar surface area (TPSA) is 0 Å². The van der Waals surface area contributed by atoms with Crippen molar-refractivity contribution in [2.45, 2.75) is 52.4 Å². The van der Waals surface area contributed by atoms with Gasteiger partial charge in [0.1, 0.15) is 0 Å². The van der Waals surface area contributed by atoms with Gasteiger partial charge in [-0.25, -0.2) is 12.1 Å². The van der Waals surface area contributed by atoms with Crippen LogP contribution in [0.2, 0.25) is 0 Å². The third-order valence-corrected chi connectivity index (χ3v) is 6.37. The molecule has 0 N–H and O–H groups in total. The molecule has 0 radical (unpaired) electrons. The van der Waals surface area contributed by atoms with Crippen molar-refractivity contribution in [2.75, 3.05) is 12.3 Å². The minimum absolute atomic E-state index is 0. The van der Waals surface area contributed by atoms with E-state index < -0.39 is 0 Å². The Morgan fingerprint density at radius 3 is 1.50 bits per heavy atom. The summed E-state index contributed by atoms with van der Waals surface area (Å²) in [5.74, 6) is 0. The van der Waals surface area contributed by atoms with Gasteiger partial charge in [-0.3, -0.25) is 0 Å². The SMILES string of the molecule is CCCCCP(CCCCC)[c-]1cccc1.[Fe].[cH-]1[cH-][cH-][cH-][cH-]1. The Hall–Kier alpha value is -0.351. The van der Waals surface area contributed by atoms with Crippen LogP contribution in [0, 0.1) is 0 Å². The van der Waals surface area contributed by atoms with Crippen molar-refractivity contribution in [3.63, 3.8) is 0 Å². The van der Waals surface area contributed by atoms with Crippen LogP contribution in [0.5, 0.6) is 0 Å². The summed E-state index contributed by atoms with van der Waals surface area (Å²) in [5.41, 5.74) is 0. The van der Waals surface area contributed by atoms with E-state index >= 15 is 0 Å². The van der Waals surface area contributed by atoms with Crippen LogP contribution in [0.25, 0.3) is 0 Å². The molecule has 0 heterocycles. The average molecular weight is 358 g/mol. The first-order valence-corrected chi connectivity index (χ1v) is 10.2. The molecule has 0 aliphatic carbocycles. The second kappa shape index (κ2) is 15.5. The van der Waals surface area contributed by atoms with Gasteiger partial charge in [0.05, 0.1) is 0 Å². The van der Waals surface area contributed by atoms with Crippen LogP contribution in [0.4, 0.5) is 0 Å². The van der Waals surface area contributed by atoms with E-state index in [1.54, 1.807) is 5.30 Å². The van der Waals surface area contributed by atoms with Gasteiger partial charge in [-0.1, -0.05) is 39.5 Å². The summed E-state index contributed by atoms with van der Waals surface area (Å²) in [7, 11) is 0.158. The van der Waals surface area contributed by atoms with E-state index in [9.17, 15) is 0 Å². The molecule has 0 saturated heterocycles. The minimum atomic E-state index is 0. The number of hydrogen-bond donors (Lipinski definition) is 0. The molecule has 0 nitrogen and oxygen atoms in total. The Kier molecular flexibility index (Phi) is 15.3. The second-order valence-electron chi connectivity index (χ2n) is 5.51. The van der Waals surface area contributed by atoms with Gasteiger partial charge in [0.2, 0.25) is 0 Å². The van der Waals surface area contributed by atoms with Crippen molar-refractivity contribution in [2.24, 2.45) is 0 Å². The smallest absolute Gasteiger partial charge is 0 e. The third-order valence-electron chi connectivity index (χ3n) is 3.63. The maximum atomic E-state index is 2.34.